The normalized spacial score (nSPS) is 12.6. The molecule has 0 heterocycles. The van der Waals surface area contributed by atoms with Crippen molar-refractivity contribution in [2.75, 3.05) is 13.2 Å². The lowest BCUT2D eigenvalue weighted by atomic mass is 10.1. The summed E-state index contributed by atoms with van der Waals surface area (Å²) in [6.07, 6.45) is 0.756. The zero-order valence-electron chi connectivity index (χ0n) is 15.0. The van der Waals surface area contributed by atoms with Crippen LogP contribution < -0.4 is 15.2 Å². The highest BCUT2D eigenvalue weighted by Gasteiger charge is 2.13. The van der Waals surface area contributed by atoms with Gasteiger partial charge in [-0.15, -0.1) is 0 Å². The van der Waals surface area contributed by atoms with Crippen LogP contribution in [0.2, 0.25) is 5.02 Å². The summed E-state index contributed by atoms with van der Waals surface area (Å²) in [7, 11) is -3.58. The molecular formula is C19H23ClN2O4S. The van der Waals surface area contributed by atoms with Gasteiger partial charge in [0.05, 0.1) is 17.5 Å². The second kappa shape index (κ2) is 9.85. The fraction of sp³-hybridized carbons (Fsp3) is 0.316. The molecule has 0 aliphatic heterocycles. The maximum atomic E-state index is 12.2. The molecule has 2 rings (SSSR count). The lowest BCUT2D eigenvalue weighted by Crippen LogP contribution is -2.27. The zero-order chi connectivity index (χ0) is 19.9. The number of hydrogen-bond acceptors (Lipinski definition) is 5. The van der Waals surface area contributed by atoms with Crippen LogP contribution in [-0.4, -0.2) is 33.4 Å². The smallest absolute Gasteiger partial charge is 0.240 e. The van der Waals surface area contributed by atoms with E-state index in [-0.39, 0.29) is 30.3 Å². The van der Waals surface area contributed by atoms with Gasteiger partial charge >= 0.3 is 0 Å². The second-order valence-electron chi connectivity index (χ2n) is 6.10. The van der Waals surface area contributed by atoms with Crippen LogP contribution in [0.5, 0.6) is 5.75 Å². The fourth-order valence-electron chi connectivity index (χ4n) is 2.31. The summed E-state index contributed by atoms with van der Waals surface area (Å²) in [4.78, 5) is 11.7. The predicted molar refractivity (Wildman–Crippen MR) is 106 cm³/mol. The van der Waals surface area contributed by atoms with Crippen molar-refractivity contribution >= 4 is 27.4 Å². The van der Waals surface area contributed by atoms with Gasteiger partial charge in [0.2, 0.25) is 10.0 Å². The zero-order valence-corrected chi connectivity index (χ0v) is 16.6. The van der Waals surface area contributed by atoms with E-state index in [1.54, 1.807) is 13.0 Å². The highest BCUT2D eigenvalue weighted by molar-refractivity contribution is 7.89. The second-order valence-corrected chi connectivity index (χ2v) is 8.31. The van der Waals surface area contributed by atoms with Gasteiger partial charge in [-0.25, -0.2) is 13.1 Å². The molecule has 0 amide bonds. The first-order valence-corrected chi connectivity index (χ1v) is 10.4. The monoisotopic (exact) mass is 410 g/mol. The maximum Gasteiger partial charge on any atom is 0.240 e. The van der Waals surface area contributed by atoms with E-state index in [0.29, 0.717) is 17.2 Å². The quantitative estimate of drug-likeness (QED) is 0.627. The standard InChI is InChI=1S/C19H23ClN2O4S/c1-14(21)19(23)10-12-26-17-4-2-3-15(13-17)9-11-22-27(24,25)18-7-5-16(20)6-8-18/h2-8,13-14,22H,9-12,21H2,1H3/t14-/m0/s1. The van der Waals surface area contributed by atoms with E-state index in [4.69, 9.17) is 22.1 Å². The van der Waals surface area contributed by atoms with Crippen LogP contribution in [0.25, 0.3) is 0 Å². The predicted octanol–water partition coefficient (Wildman–Crippen LogP) is 2.55. The Hall–Kier alpha value is -1.93. The van der Waals surface area contributed by atoms with Crippen molar-refractivity contribution in [3.63, 3.8) is 0 Å². The first kappa shape index (κ1) is 21.4. The molecule has 0 spiro atoms. The third-order valence-corrected chi connectivity index (χ3v) is 5.58. The van der Waals surface area contributed by atoms with E-state index in [2.05, 4.69) is 4.72 Å². The van der Waals surface area contributed by atoms with E-state index >= 15 is 0 Å². The number of Topliss-reactive ketones (excluding diaryl/α,β-unsaturated/α-hetero) is 1. The number of rotatable bonds is 10. The number of hydrogen-bond donors (Lipinski definition) is 2. The number of ether oxygens (including phenoxy) is 1. The van der Waals surface area contributed by atoms with E-state index in [9.17, 15) is 13.2 Å². The summed E-state index contributed by atoms with van der Waals surface area (Å²) in [6, 6.07) is 12.8. The van der Waals surface area contributed by atoms with Crippen molar-refractivity contribution in [1.82, 2.24) is 4.72 Å². The van der Waals surface area contributed by atoms with Crippen LogP contribution in [0, 0.1) is 0 Å². The molecule has 6 nitrogen and oxygen atoms in total. The molecular weight excluding hydrogens is 388 g/mol. The molecule has 0 aliphatic carbocycles. The van der Waals surface area contributed by atoms with Gasteiger partial charge in [-0.1, -0.05) is 23.7 Å². The number of carbonyl (C=O) groups is 1. The molecule has 8 heteroatoms. The third kappa shape index (κ3) is 6.95. The van der Waals surface area contributed by atoms with Crippen LogP contribution in [0.4, 0.5) is 0 Å². The van der Waals surface area contributed by atoms with Crippen LogP contribution in [-0.2, 0) is 21.2 Å². The van der Waals surface area contributed by atoms with Gasteiger partial charge in [-0.05, 0) is 55.3 Å². The molecule has 2 aromatic carbocycles. The Balaban J connectivity index is 1.85. The lowest BCUT2D eigenvalue weighted by Gasteiger charge is -2.10. The minimum absolute atomic E-state index is 0.0530. The molecule has 3 N–H and O–H groups in total. The van der Waals surface area contributed by atoms with E-state index in [1.165, 1.54) is 24.3 Å². The number of benzene rings is 2. The number of ketones is 1. The number of carbonyl (C=O) groups excluding carboxylic acids is 1. The largest absolute Gasteiger partial charge is 0.493 e. The Labute approximate surface area is 164 Å². The fourth-order valence-corrected chi connectivity index (χ4v) is 3.47. The van der Waals surface area contributed by atoms with E-state index in [1.807, 2.05) is 18.2 Å². The van der Waals surface area contributed by atoms with Gasteiger partial charge in [0, 0.05) is 18.0 Å². The topological polar surface area (TPSA) is 98.5 Å². The van der Waals surface area contributed by atoms with E-state index < -0.39 is 16.1 Å². The Bertz CT molecular complexity index is 868. The minimum Gasteiger partial charge on any atom is -0.493 e. The Morgan fingerprint density at radius 1 is 1.22 bits per heavy atom. The highest BCUT2D eigenvalue weighted by atomic mass is 35.5. The van der Waals surface area contributed by atoms with Gasteiger partial charge < -0.3 is 10.5 Å². The first-order chi connectivity index (χ1) is 12.8. The molecule has 0 unspecified atom stereocenters. The molecule has 0 saturated heterocycles. The lowest BCUT2D eigenvalue weighted by molar-refractivity contribution is -0.120. The molecule has 27 heavy (non-hydrogen) atoms. The average Bonchev–Trinajstić information content (AvgIpc) is 2.62. The minimum atomic E-state index is -3.58. The Morgan fingerprint density at radius 3 is 2.59 bits per heavy atom. The van der Waals surface area contributed by atoms with Crippen LogP contribution in [0.1, 0.15) is 18.9 Å². The molecule has 0 radical (unpaired) electrons. The molecule has 2 aromatic rings. The highest BCUT2D eigenvalue weighted by Crippen LogP contribution is 2.16. The van der Waals surface area contributed by atoms with Crippen LogP contribution in [0.15, 0.2) is 53.4 Å². The number of nitrogens with two attached hydrogens (primary N) is 1. The molecule has 0 bridgehead atoms. The molecule has 0 aromatic heterocycles. The molecule has 0 fully saturated rings. The van der Waals surface area contributed by atoms with Crippen LogP contribution >= 0.6 is 11.6 Å². The molecule has 0 aliphatic rings. The van der Waals surface area contributed by atoms with Gasteiger partial charge in [-0.3, -0.25) is 4.79 Å². The van der Waals surface area contributed by atoms with Crippen molar-refractivity contribution in [2.24, 2.45) is 5.73 Å². The van der Waals surface area contributed by atoms with Crippen molar-refractivity contribution < 1.29 is 17.9 Å². The first-order valence-electron chi connectivity index (χ1n) is 8.53. The SMILES string of the molecule is C[C@H](N)C(=O)CCOc1cccc(CCNS(=O)(=O)c2ccc(Cl)cc2)c1. The third-order valence-electron chi connectivity index (χ3n) is 3.85. The summed E-state index contributed by atoms with van der Waals surface area (Å²) in [6.45, 7) is 2.15. The maximum absolute atomic E-state index is 12.2. The molecule has 146 valence electrons. The summed E-state index contributed by atoms with van der Waals surface area (Å²) >= 11 is 5.78. The molecule has 0 saturated carbocycles. The van der Waals surface area contributed by atoms with Crippen molar-refractivity contribution in [1.29, 1.82) is 0 Å². The Morgan fingerprint density at radius 2 is 1.93 bits per heavy atom. The summed E-state index contributed by atoms with van der Waals surface area (Å²) < 4.78 is 32.6. The van der Waals surface area contributed by atoms with Crippen molar-refractivity contribution in [2.45, 2.75) is 30.7 Å². The number of halogens is 1. The van der Waals surface area contributed by atoms with Crippen molar-refractivity contribution in [3.8, 4) is 5.75 Å². The van der Waals surface area contributed by atoms with Gasteiger partial charge in [0.1, 0.15) is 5.75 Å². The average molecular weight is 411 g/mol. The Kier molecular flexibility index (Phi) is 7.79. The summed E-state index contributed by atoms with van der Waals surface area (Å²) in [5.74, 6) is 0.577. The number of sulfonamides is 1. The molecule has 1 atom stereocenters. The van der Waals surface area contributed by atoms with Crippen LogP contribution in [0.3, 0.4) is 0 Å². The van der Waals surface area contributed by atoms with Crippen molar-refractivity contribution in [3.05, 3.63) is 59.1 Å². The number of nitrogens with one attached hydrogen (secondary N) is 1. The summed E-state index contributed by atoms with van der Waals surface area (Å²) in [5, 5.41) is 0.480. The van der Waals surface area contributed by atoms with Gasteiger partial charge in [0.25, 0.3) is 0 Å². The summed E-state index contributed by atoms with van der Waals surface area (Å²) in [5.41, 5.74) is 6.43. The van der Waals surface area contributed by atoms with E-state index in [0.717, 1.165) is 5.56 Å². The van der Waals surface area contributed by atoms with Gasteiger partial charge in [-0.2, -0.15) is 0 Å². The van der Waals surface area contributed by atoms with Gasteiger partial charge in [0.15, 0.2) is 5.78 Å².